The lowest BCUT2D eigenvalue weighted by Gasteiger charge is -2.21. The van der Waals surface area contributed by atoms with Gasteiger partial charge in [-0.15, -0.1) is 0 Å². The summed E-state index contributed by atoms with van der Waals surface area (Å²) < 4.78 is 68.7. The molecule has 0 aliphatic heterocycles. The Labute approximate surface area is 626 Å². The quantitative estimate of drug-likeness (QED) is 0.0222. The van der Waals surface area contributed by atoms with Crippen LogP contribution in [0, 0.1) is 23.7 Å². The van der Waals surface area contributed by atoms with Crippen LogP contribution in [-0.2, 0) is 65.4 Å². The zero-order valence-electron chi connectivity index (χ0n) is 67.2. The van der Waals surface area contributed by atoms with Gasteiger partial charge >= 0.3 is 39.5 Å². The molecule has 0 radical (unpaired) electrons. The second kappa shape index (κ2) is 72.0. The van der Waals surface area contributed by atoms with Crippen molar-refractivity contribution in [1.82, 2.24) is 0 Å². The van der Waals surface area contributed by atoms with Crippen molar-refractivity contribution in [3.8, 4) is 0 Å². The van der Waals surface area contributed by atoms with Crippen molar-refractivity contribution < 1.29 is 80.2 Å². The summed E-state index contributed by atoms with van der Waals surface area (Å²) in [7, 11) is -9.92. The lowest BCUT2D eigenvalue weighted by molar-refractivity contribution is -0.161. The minimum absolute atomic E-state index is 0.107. The van der Waals surface area contributed by atoms with Crippen LogP contribution < -0.4 is 0 Å². The first kappa shape index (κ1) is 100. The molecule has 0 aliphatic rings. The van der Waals surface area contributed by atoms with Crippen LogP contribution in [0.2, 0.25) is 0 Å². The first-order valence-electron chi connectivity index (χ1n) is 42.8. The Balaban J connectivity index is 5.17. The van der Waals surface area contributed by atoms with E-state index in [1.54, 1.807) is 0 Å². The van der Waals surface area contributed by atoms with Gasteiger partial charge in [0.05, 0.1) is 26.4 Å². The van der Waals surface area contributed by atoms with Crippen molar-refractivity contribution in [2.75, 3.05) is 39.6 Å². The fourth-order valence-electron chi connectivity index (χ4n) is 12.7. The standard InChI is InChI=1S/C83H162O17P2/c1-9-75(7)61-53-45-37-30-26-22-18-13-11-12-14-19-23-27-31-39-49-57-65-82(87)99-78(69-93-80(85)63-55-47-38-34-33-36-44-52-60-74(5)6)71-97-101(89,90)95-67-77(84)68-96-102(91,92)98-72-79(70-94-81(86)64-56-48-42-41-46-54-62-76(8)10-2)100-83(88)66-58-50-40-32-28-24-20-16-15-17-21-25-29-35-43-51-59-73(3)4/h73-79,84H,9-72H2,1-8H3,(H,89,90)(H,91,92)/t75?,76?,77-,78-,79-/m1/s1. The summed E-state index contributed by atoms with van der Waals surface area (Å²) >= 11 is 0. The molecule has 4 unspecified atom stereocenters. The smallest absolute Gasteiger partial charge is 0.462 e. The minimum Gasteiger partial charge on any atom is -0.462 e. The Morgan fingerprint density at radius 1 is 0.275 bits per heavy atom. The van der Waals surface area contributed by atoms with E-state index >= 15 is 0 Å². The molecule has 0 saturated carbocycles. The lowest BCUT2D eigenvalue weighted by Crippen LogP contribution is -2.30. The van der Waals surface area contributed by atoms with Gasteiger partial charge in [0, 0.05) is 25.7 Å². The third-order valence-corrected chi connectivity index (χ3v) is 21.9. The van der Waals surface area contributed by atoms with Crippen LogP contribution in [-0.4, -0.2) is 96.7 Å². The molecule has 0 fully saturated rings. The Morgan fingerprint density at radius 3 is 0.696 bits per heavy atom. The van der Waals surface area contributed by atoms with E-state index in [0.29, 0.717) is 25.7 Å². The van der Waals surface area contributed by atoms with E-state index in [-0.39, 0.29) is 25.7 Å². The van der Waals surface area contributed by atoms with Gasteiger partial charge in [0.2, 0.25) is 0 Å². The van der Waals surface area contributed by atoms with E-state index in [0.717, 1.165) is 120 Å². The van der Waals surface area contributed by atoms with Crippen molar-refractivity contribution in [2.24, 2.45) is 23.7 Å². The number of carbonyl (C=O) groups excluding carboxylic acids is 4. The number of esters is 4. The molecule has 0 saturated heterocycles. The first-order chi connectivity index (χ1) is 49.2. The van der Waals surface area contributed by atoms with Crippen LogP contribution in [0.25, 0.3) is 0 Å². The zero-order valence-corrected chi connectivity index (χ0v) is 69.0. The maximum Gasteiger partial charge on any atom is 0.472 e. The average Bonchev–Trinajstić information content (AvgIpc) is 0.905. The molecule has 102 heavy (non-hydrogen) atoms. The van der Waals surface area contributed by atoms with Crippen LogP contribution in [0.4, 0.5) is 0 Å². The second-order valence-electron chi connectivity index (χ2n) is 31.3. The van der Waals surface area contributed by atoms with Gasteiger partial charge in [-0.05, 0) is 49.4 Å². The molecule has 7 atom stereocenters. The fourth-order valence-corrected chi connectivity index (χ4v) is 14.3. The molecule has 17 nitrogen and oxygen atoms in total. The molecule has 606 valence electrons. The topological polar surface area (TPSA) is 237 Å². The number of unbranched alkanes of at least 4 members (excludes halogenated alkanes) is 44. The minimum atomic E-state index is -4.96. The number of aliphatic hydroxyl groups excluding tert-OH is 1. The highest BCUT2D eigenvalue weighted by atomic mass is 31.2. The maximum absolute atomic E-state index is 13.1. The van der Waals surface area contributed by atoms with Gasteiger partial charge in [-0.1, -0.05) is 376 Å². The Kier molecular flexibility index (Phi) is 70.6. The van der Waals surface area contributed by atoms with Gasteiger partial charge in [0.15, 0.2) is 12.2 Å². The summed E-state index contributed by atoms with van der Waals surface area (Å²) in [5.41, 5.74) is 0. The van der Waals surface area contributed by atoms with Crippen molar-refractivity contribution in [3.63, 3.8) is 0 Å². The van der Waals surface area contributed by atoms with Gasteiger partial charge in [0.1, 0.15) is 19.3 Å². The third-order valence-electron chi connectivity index (χ3n) is 20.0. The summed E-state index contributed by atoms with van der Waals surface area (Å²) in [6.07, 6.45) is 59.8. The molecule has 0 aliphatic carbocycles. The van der Waals surface area contributed by atoms with Crippen molar-refractivity contribution in [3.05, 3.63) is 0 Å². The molecular formula is C83H162O17P2. The summed E-state index contributed by atoms with van der Waals surface area (Å²) in [6.45, 7) is 14.3. The third kappa shape index (κ3) is 73.6. The number of ether oxygens (including phenoxy) is 4. The number of hydrogen-bond donors (Lipinski definition) is 3. The van der Waals surface area contributed by atoms with Gasteiger partial charge in [-0.3, -0.25) is 37.3 Å². The van der Waals surface area contributed by atoms with E-state index in [4.69, 9.17) is 37.0 Å². The number of hydrogen-bond acceptors (Lipinski definition) is 15. The molecule has 0 aromatic rings. The van der Waals surface area contributed by atoms with E-state index in [1.807, 2.05) is 0 Å². The maximum atomic E-state index is 13.1. The van der Waals surface area contributed by atoms with Crippen molar-refractivity contribution in [1.29, 1.82) is 0 Å². The van der Waals surface area contributed by atoms with E-state index in [1.165, 1.54) is 225 Å². The summed E-state index contributed by atoms with van der Waals surface area (Å²) in [4.78, 5) is 73.0. The fraction of sp³-hybridized carbons (Fsp3) is 0.952. The van der Waals surface area contributed by atoms with E-state index < -0.39 is 97.5 Å². The molecule has 0 amide bonds. The Bertz CT molecular complexity index is 1990. The van der Waals surface area contributed by atoms with Crippen molar-refractivity contribution in [2.45, 2.75) is 446 Å². The monoisotopic (exact) mass is 1490 g/mol. The molecule has 3 N–H and O–H groups in total. The first-order valence-corrected chi connectivity index (χ1v) is 45.8. The molecular weight excluding hydrogens is 1330 g/mol. The molecule has 0 bridgehead atoms. The van der Waals surface area contributed by atoms with E-state index in [9.17, 15) is 43.2 Å². The molecule has 0 aromatic carbocycles. The van der Waals surface area contributed by atoms with Crippen LogP contribution in [0.3, 0.4) is 0 Å². The van der Waals surface area contributed by atoms with Crippen molar-refractivity contribution >= 4 is 39.5 Å². The lowest BCUT2D eigenvalue weighted by atomic mass is 9.99. The molecule has 0 aromatic heterocycles. The number of phosphoric ester groups is 2. The largest absolute Gasteiger partial charge is 0.472 e. The highest BCUT2D eigenvalue weighted by Crippen LogP contribution is 2.45. The number of carbonyl (C=O) groups is 4. The van der Waals surface area contributed by atoms with Gasteiger partial charge in [-0.2, -0.15) is 0 Å². The molecule has 0 heterocycles. The van der Waals surface area contributed by atoms with Crippen LogP contribution in [0.5, 0.6) is 0 Å². The Morgan fingerprint density at radius 2 is 0.471 bits per heavy atom. The summed E-state index contributed by atoms with van der Waals surface area (Å²) in [6, 6.07) is 0. The van der Waals surface area contributed by atoms with Crippen LogP contribution in [0.1, 0.15) is 428 Å². The van der Waals surface area contributed by atoms with Crippen LogP contribution >= 0.6 is 15.6 Å². The predicted molar refractivity (Wildman–Crippen MR) is 418 cm³/mol. The summed E-state index contributed by atoms with van der Waals surface area (Å²) in [5.74, 6) is 1.02. The van der Waals surface area contributed by atoms with Gasteiger partial charge < -0.3 is 33.8 Å². The number of aliphatic hydroxyl groups is 1. The van der Waals surface area contributed by atoms with Crippen LogP contribution in [0.15, 0.2) is 0 Å². The van der Waals surface area contributed by atoms with Gasteiger partial charge in [-0.25, -0.2) is 9.13 Å². The van der Waals surface area contributed by atoms with E-state index in [2.05, 4.69) is 55.4 Å². The predicted octanol–water partition coefficient (Wildman–Crippen LogP) is 24.8. The molecule has 0 rings (SSSR count). The Hall–Kier alpha value is -1.94. The SMILES string of the molecule is CCC(C)CCCCCCCCCCCCCCCCCCCCC(=O)O[C@H](COC(=O)CCCCCCCCCCC(C)C)COP(=O)(O)OC[C@@H](O)COP(=O)(O)OC[C@@H](COC(=O)CCCCCCCCC(C)CC)OC(=O)CCCCCCCCCCCCCCCCCCC(C)C. The molecule has 19 heteroatoms. The highest BCUT2D eigenvalue weighted by Gasteiger charge is 2.30. The number of phosphoric acid groups is 2. The van der Waals surface area contributed by atoms with Gasteiger partial charge in [0.25, 0.3) is 0 Å². The zero-order chi connectivity index (χ0) is 75.3. The second-order valence-corrected chi connectivity index (χ2v) is 34.2. The number of rotatable bonds is 80. The normalized spacial score (nSPS) is 14.5. The molecule has 0 spiro atoms. The average molecular weight is 1490 g/mol. The summed E-state index contributed by atoms with van der Waals surface area (Å²) in [5, 5.41) is 10.6. The highest BCUT2D eigenvalue weighted by molar-refractivity contribution is 7.47.